The third kappa shape index (κ3) is 4.40. The second kappa shape index (κ2) is 7.36. The van der Waals surface area contributed by atoms with E-state index in [1.165, 1.54) is 5.69 Å². The summed E-state index contributed by atoms with van der Waals surface area (Å²) in [7, 11) is 3.81. The third-order valence-electron chi connectivity index (χ3n) is 3.61. The molecule has 0 bridgehead atoms. The van der Waals surface area contributed by atoms with Crippen LogP contribution in [0.2, 0.25) is 0 Å². The van der Waals surface area contributed by atoms with Gasteiger partial charge in [0.2, 0.25) is 0 Å². The zero-order valence-corrected chi connectivity index (χ0v) is 11.9. The molecule has 4 nitrogen and oxygen atoms in total. The Morgan fingerprint density at radius 2 is 1.95 bits per heavy atom. The Balaban J connectivity index is 1.72. The number of anilines is 1. The average Bonchev–Trinajstić information content (AvgIpc) is 2.48. The molecular weight excluding hydrogens is 240 g/mol. The van der Waals surface area contributed by atoms with Gasteiger partial charge in [-0.1, -0.05) is 0 Å². The average molecular weight is 264 g/mol. The largest absolute Gasteiger partial charge is 0.497 e. The van der Waals surface area contributed by atoms with Gasteiger partial charge in [0, 0.05) is 45.1 Å². The minimum absolute atomic E-state index is 0.623. The van der Waals surface area contributed by atoms with Crippen LogP contribution in [0.4, 0.5) is 5.69 Å². The normalized spacial score (nSPS) is 16.3. The van der Waals surface area contributed by atoms with E-state index in [1.807, 2.05) is 12.1 Å². The Kier molecular flexibility index (Phi) is 5.48. The van der Waals surface area contributed by atoms with Gasteiger partial charge in [0.15, 0.2) is 0 Å². The Hall–Kier alpha value is -1.26. The minimum Gasteiger partial charge on any atom is -0.497 e. The van der Waals surface area contributed by atoms with Crippen LogP contribution in [-0.2, 0) is 4.74 Å². The molecule has 0 saturated carbocycles. The van der Waals surface area contributed by atoms with Gasteiger partial charge in [-0.3, -0.25) is 0 Å². The maximum Gasteiger partial charge on any atom is 0.119 e. The van der Waals surface area contributed by atoms with Gasteiger partial charge in [-0.2, -0.15) is 0 Å². The molecule has 0 amide bonds. The fraction of sp³-hybridized carbons (Fsp3) is 0.600. The van der Waals surface area contributed by atoms with Crippen LogP contribution in [0, 0.1) is 0 Å². The number of nitrogens with zero attached hydrogens (tertiary/aromatic N) is 1. The Labute approximate surface area is 115 Å². The summed E-state index contributed by atoms with van der Waals surface area (Å²) < 4.78 is 10.5. The van der Waals surface area contributed by atoms with E-state index in [4.69, 9.17) is 9.47 Å². The van der Waals surface area contributed by atoms with E-state index >= 15 is 0 Å². The van der Waals surface area contributed by atoms with E-state index in [2.05, 4.69) is 29.4 Å². The lowest BCUT2D eigenvalue weighted by atomic mass is 10.1. The maximum atomic E-state index is 5.36. The molecule has 1 fully saturated rings. The van der Waals surface area contributed by atoms with Crippen molar-refractivity contribution in [2.75, 3.05) is 45.4 Å². The molecule has 1 aliphatic rings. The van der Waals surface area contributed by atoms with Crippen LogP contribution in [0.5, 0.6) is 5.75 Å². The number of ether oxygens (including phenoxy) is 2. The molecule has 1 N–H and O–H groups in total. The zero-order chi connectivity index (χ0) is 13.5. The van der Waals surface area contributed by atoms with Crippen LogP contribution in [0.3, 0.4) is 0 Å². The summed E-state index contributed by atoms with van der Waals surface area (Å²) in [6, 6.07) is 8.80. The molecular formula is C15H24N2O2. The summed E-state index contributed by atoms with van der Waals surface area (Å²) in [5.41, 5.74) is 1.22. The van der Waals surface area contributed by atoms with Crippen molar-refractivity contribution in [2.24, 2.45) is 0 Å². The molecule has 0 atom stereocenters. The Morgan fingerprint density at radius 1 is 1.26 bits per heavy atom. The summed E-state index contributed by atoms with van der Waals surface area (Å²) in [4.78, 5) is 2.26. The highest BCUT2D eigenvalue weighted by Gasteiger charge is 2.12. The first-order chi connectivity index (χ1) is 9.29. The molecule has 106 valence electrons. The third-order valence-corrected chi connectivity index (χ3v) is 3.61. The summed E-state index contributed by atoms with van der Waals surface area (Å²) in [6.45, 7) is 3.80. The lowest BCUT2D eigenvalue weighted by molar-refractivity contribution is 0.0783. The van der Waals surface area contributed by atoms with E-state index < -0.39 is 0 Å². The van der Waals surface area contributed by atoms with Gasteiger partial charge in [0.1, 0.15) is 5.75 Å². The molecule has 19 heavy (non-hydrogen) atoms. The Morgan fingerprint density at radius 3 is 2.58 bits per heavy atom. The van der Waals surface area contributed by atoms with Gasteiger partial charge in [0.25, 0.3) is 0 Å². The molecule has 1 aromatic carbocycles. The molecule has 0 radical (unpaired) electrons. The van der Waals surface area contributed by atoms with Gasteiger partial charge < -0.3 is 19.7 Å². The SMILES string of the molecule is COc1ccc(N(C)CCNC2CCOCC2)cc1. The van der Waals surface area contributed by atoms with Crippen LogP contribution in [0.1, 0.15) is 12.8 Å². The van der Waals surface area contributed by atoms with Crippen molar-refractivity contribution in [1.29, 1.82) is 0 Å². The number of hydrogen-bond acceptors (Lipinski definition) is 4. The van der Waals surface area contributed by atoms with Crippen LogP contribution < -0.4 is 15.0 Å². The molecule has 1 heterocycles. The van der Waals surface area contributed by atoms with Crippen molar-refractivity contribution < 1.29 is 9.47 Å². The molecule has 0 aliphatic carbocycles. The topological polar surface area (TPSA) is 33.7 Å². The lowest BCUT2D eigenvalue weighted by Crippen LogP contribution is -2.39. The van der Waals surface area contributed by atoms with Gasteiger partial charge in [0.05, 0.1) is 7.11 Å². The molecule has 0 aromatic heterocycles. The van der Waals surface area contributed by atoms with Crippen LogP contribution in [0.25, 0.3) is 0 Å². The number of benzene rings is 1. The van der Waals surface area contributed by atoms with Crippen molar-refractivity contribution in [1.82, 2.24) is 5.32 Å². The first-order valence-electron chi connectivity index (χ1n) is 6.96. The fourth-order valence-electron chi connectivity index (χ4n) is 2.30. The summed E-state index contributed by atoms with van der Waals surface area (Å²) in [5.74, 6) is 0.900. The van der Waals surface area contributed by atoms with E-state index in [-0.39, 0.29) is 0 Å². The molecule has 2 rings (SSSR count). The first kappa shape index (κ1) is 14.2. The maximum absolute atomic E-state index is 5.36. The van der Waals surface area contributed by atoms with Crippen LogP contribution in [0.15, 0.2) is 24.3 Å². The van der Waals surface area contributed by atoms with Crippen molar-refractivity contribution >= 4 is 5.69 Å². The van der Waals surface area contributed by atoms with Crippen molar-refractivity contribution in [2.45, 2.75) is 18.9 Å². The lowest BCUT2D eigenvalue weighted by Gasteiger charge is -2.25. The monoisotopic (exact) mass is 264 g/mol. The number of nitrogens with one attached hydrogen (secondary N) is 1. The number of likely N-dealkylation sites (N-methyl/N-ethyl adjacent to an activating group) is 1. The number of rotatable bonds is 6. The summed E-state index contributed by atoms with van der Waals surface area (Å²) >= 11 is 0. The summed E-state index contributed by atoms with van der Waals surface area (Å²) in [6.07, 6.45) is 2.26. The highest BCUT2D eigenvalue weighted by molar-refractivity contribution is 5.48. The minimum atomic E-state index is 0.623. The molecule has 0 spiro atoms. The molecule has 1 aromatic rings. The second-order valence-electron chi connectivity index (χ2n) is 4.96. The highest BCUT2D eigenvalue weighted by atomic mass is 16.5. The molecule has 1 aliphatic heterocycles. The summed E-state index contributed by atoms with van der Waals surface area (Å²) in [5, 5.41) is 3.60. The van der Waals surface area contributed by atoms with Gasteiger partial charge in [-0.05, 0) is 37.1 Å². The van der Waals surface area contributed by atoms with E-state index in [0.29, 0.717) is 6.04 Å². The molecule has 4 heteroatoms. The van der Waals surface area contributed by atoms with E-state index in [0.717, 1.165) is 44.9 Å². The smallest absolute Gasteiger partial charge is 0.119 e. The molecule has 1 saturated heterocycles. The predicted molar refractivity (Wildman–Crippen MR) is 78.1 cm³/mol. The van der Waals surface area contributed by atoms with Crippen molar-refractivity contribution in [3.8, 4) is 5.75 Å². The fourth-order valence-corrected chi connectivity index (χ4v) is 2.30. The molecule has 0 unspecified atom stereocenters. The number of hydrogen-bond donors (Lipinski definition) is 1. The van der Waals surface area contributed by atoms with Crippen molar-refractivity contribution in [3.05, 3.63) is 24.3 Å². The first-order valence-corrected chi connectivity index (χ1v) is 6.96. The van der Waals surface area contributed by atoms with E-state index in [9.17, 15) is 0 Å². The predicted octanol–water partition coefficient (Wildman–Crippen LogP) is 1.90. The van der Waals surface area contributed by atoms with Gasteiger partial charge in [-0.25, -0.2) is 0 Å². The number of methoxy groups -OCH3 is 1. The van der Waals surface area contributed by atoms with Crippen LogP contribution in [-0.4, -0.2) is 46.5 Å². The van der Waals surface area contributed by atoms with Crippen LogP contribution >= 0.6 is 0 Å². The Bertz CT molecular complexity index is 361. The standard InChI is InChI=1S/C15H24N2O2/c1-17(14-3-5-15(18-2)6-4-14)10-9-16-13-7-11-19-12-8-13/h3-6,13,16H,7-12H2,1-2H3. The van der Waals surface area contributed by atoms with Gasteiger partial charge in [-0.15, -0.1) is 0 Å². The van der Waals surface area contributed by atoms with Crippen molar-refractivity contribution in [3.63, 3.8) is 0 Å². The highest BCUT2D eigenvalue weighted by Crippen LogP contribution is 2.17. The quantitative estimate of drug-likeness (QED) is 0.851. The second-order valence-corrected chi connectivity index (χ2v) is 4.96. The van der Waals surface area contributed by atoms with Gasteiger partial charge >= 0.3 is 0 Å². The van der Waals surface area contributed by atoms with E-state index in [1.54, 1.807) is 7.11 Å². The zero-order valence-electron chi connectivity index (χ0n) is 11.9.